The summed E-state index contributed by atoms with van der Waals surface area (Å²) in [5, 5.41) is 3.25. The average Bonchev–Trinajstić information content (AvgIpc) is 2.38. The van der Waals surface area contributed by atoms with E-state index in [1.165, 1.54) is 5.56 Å². The van der Waals surface area contributed by atoms with E-state index >= 15 is 0 Å². The number of hydrogen-bond donors (Lipinski definition) is 1. The second kappa shape index (κ2) is 6.29. The Hall–Kier alpha value is -1.94. The highest BCUT2D eigenvalue weighted by atomic mass is 15.1. The van der Waals surface area contributed by atoms with Crippen LogP contribution in [-0.4, -0.2) is 29.0 Å². The van der Waals surface area contributed by atoms with E-state index in [1.807, 2.05) is 18.2 Å². The van der Waals surface area contributed by atoms with E-state index in [0.717, 1.165) is 24.3 Å². The molecule has 1 aromatic carbocycles. The Bertz CT molecular complexity index is 537. The summed E-state index contributed by atoms with van der Waals surface area (Å²) in [7, 11) is 4.13. The van der Waals surface area contributed by atoms with Gasteiger partial charge in [-0.05, 0) is 44.3 Å². The first-order valence-electron chi connectivity index (χ1n) is 6.50. The number of aryl methyl sites for hydroxylation is 1. The molecule has 0 aliphatic heterocycles. The van der Waals surface area contributed by atoms with Gasteiger partial charge in [0.05, 0.1) is 0 Å². The summed E-state index contributed by atoms with van der Waals surface area (Å²) in [4.78, 5) is 10.8. The van der Waals surface area contributed by atoms with Gasteiger partial charge in [-0.1, -0.05) is 19.1 Å². The molecule has 100 valence electrons. The summed E-state index contributed by atoms with van der Waals surface area (Å²) >= 11 is 0. The Balaban J connectivity index is 2.13. The minimum atomic E-state index is 0.654. The van der Waals surface area contributed by atoms with Crippen molar-refractivity contribution in [3.8, 4) is 0 Å². The van der Waals surface area contributed by atoms with Gasteiger partial charge in [-0.25, -0.2) is 9.97 Å². The van der Waals surface area contributed by atoms with Gasteiger partial charge in [0, 0.05) is 24.1 Å². The van der Waals surface area contributed by atoms with Crippen molar-refractivity contribution < 1.29 is 0 Å². The molecule has 1 aromatic heterocycles. The van der Waals surface area contributed by atoms with Crippen LogP contribution in [0.2, 0.25) is 0 Å². The molecule has 0 unspecified atom stereocenters. The summed E-state index contributed by atoms with van der Waals surface area (Å²) in [6.45, 7) is 3.01. The zero-order valence-corrected chi connectivity index (χ0v) is 11.7. The topological polar surface area (TPSA) is 41.1 Å². The molecule has 4 nitrogen and oxygen atoms in total. The molecule has 0 amide bonds. The Labute approximate surface area is 114 Å². The molecule has 0 aliphatic carbocycles. The van der Waals surface area contributed by atoms with Crippen molar-refractivity contribution in [1.82, 2.24) is 14.9 Å². The molecule has 0 atom stereocenters. The van der Waals surface area contributed by atoms with Crippen LogP contribution in [0.5, 0.6) is 0 Å². The first-order valence-corrected chi connectivity index (χ1v) is 6.50. The number of hydrogen-bond acceptors (Lipinski definition) is 4. The molecule has 1 N–H and O–H groups in total. The van der Waals surface area contributed by atoms with Gasteiger partial charge in [-0.3, -0.25) is 0 Å². The number of nitrogens with zero attached hydrogens (tertiary/aromatic N) is 3. The molecule has 0 fully saturated rings. The van der Waals surface area contributed by atoms with Crippen molar-refractivity contribution in [2.24, 2.45) is 0 Å². The lowest BCUT2D eigenvalue weighted by molar-refractivity contribution is 0.402. The van der Waals surface area contributed by atoms with Crippen molar-refractivity contribution in [2.45, 2.75) is 19.9 Å². The van der Waals surface area contributed by atoms with Crippen LogP contribution < -0.4 is 5.32 Å². The minimum Gasteiger partial charge on any atom is -0.324 e. The quantitative estimate of drug-likeness (QED) is 0.893. The van der Waals surface area contributed by atoms with E-state index in [9.17, 15) is 0 Å². The van der Waals surface area contributed by atoms with Crippen LogP contribution in [0.3, 0.4) is 0 Å². The maximum atomic E-state index is 4.44. The SMILES string of the molecule is CCc1ccnc(Nc2cccc(CN(C)C)c2)n1. The maximum absolute atomic E-state index is 4.44. The molecule has 19 heavy (non-hydrogen) atoms. The summed E-state index contributed by atoms with van der Waals surface area (Å²) in [6.07, 6.45) is 2.70. The highest BCUT2D eigenvalue weighted by Gasteiger charge is 2.01. The molecule has 2 rings (SSSR count). The standard InChI is InChI=1S/C15H20N4/c1-4-13-8-9-16-15(17-13)18-14-7-5-6-12(10-14)11-19(2)3/h5-10H,4,11H2,1-3H3,(H,16,17,18). The first kappa shape index (κ1) is 13.5. The fourth-order valence-electron chi connectivity index (χ4n) is 1.89. The molecule has 0 saturated heterocycles. The van der Waals surface area contributed by atoms with Gasteiger partial charge >= 0.3 is 0 Å². The number of rotatable bonds is 5. The van der Waals surface area contributed by atoms with E-state index < -0.39 is 0 Å². The number of nitrogens with one attached hydrogen (secondary N) is 1. The Morgan fingerprint density at radius 1 is 1.21 bits per heavy atom. The highest BCUT2D eigenvalue weighted by molar-refractivity contribution is 5.54. The molecule has 0 radical (unpaired) electrons. The summed E-state index contributed by atoms with van der Waals surface area (Å²) < 4.78 is 0. The molecule has 1 heterocycles. The molecule has 0 aliphatic rings. The van der Waals surface area contributed by atoms with Crippen LogP contribution in [0.1, 0.15) is 18.2 Å². The smallest absolute Gasteiger partial charge is 0.227 e. The largest absolute Gasteiger partial charge is 0.324 e. The normalized spacial score (nSPS) is 10.7. The molecule has 0 saturated carbocycles. The van der Waals surface area contributed by atoms with Crippen LogP contribution in [-0.2, 0) is 13.0 Å². The molecule has 4 heteroatoms. The van der Waals surface area contributed by atoms with Crippen LogP contribution in [0.25, 0.3) is 0 Å². The lowest BCUT2D eigenvalue weighted by Crippen LogP contribution is -2.10. The minimum absolute atomic E-state index is 0.654. The zero-order chi connectivity index (χ0) is 13.7. The van der Waals surface area contributed by atoms with E-state index in [2.05, 4.69) is 53.3 Å². The van der Waals surface area contributed by atoms with Crippen molar-refractivity contribution in [2.75, 3.05) is 19.4 Å². The Morgan fingerprint density at radius 2 is 2.05 bits per heavy atom. The predicted octanol–water partition coefficient (Wildman–Crippen LogP) is 2.84. The third kappa shape index (κ3) is 4.03. The second-order valence-corrected chi connectivity index (χ2v) is 4.79. The summed E-state index contributed by atoms with van der Waals surface area (Å²) in [5.41, 5.74) is 3.33. The zero-order valence-electron chi connectivity index (χ0n) is 11.7. The van der Waals surface area contributed by atoms with Gasteiger partial charge < -0.3 is 10.2 Å². The average molecular weight is 256 g/mol. The van der Waals surface area contributed by atoms with Crippen molar-refractivity contribution in [1.29, 1.82) is 0 Å². The fraction of sp³-hybridized carbons (Fsp3) is 0.333. The van der Waals surface area contributed by atoms with Crippen molar-refractivity contribution in [3.05, 3.63) is 47.8 Å². The van der Waals surface area contributed by atoms with Gasteiger partial charge in [0.1, 0.15) is 0 Å². The van der Waals surface area contributed by atoms with Gasteiger partial charge in [-0.2, -0.15) is 0 Å². The van der Waals surface area contributed by atoms with Gasteiger partial charge in [0.25, 0.3) is 0 Å². The van der Waals surface area contributed by atoms with E-state index in [1.54, 1.807) is 6.20 Å². The van der Waals surface area contributed by atoms with Gasteiger partial charge in [0.15, 0.2) is 0 Å². The van der Waals surface area contributed by atoms with Gasteiger partial charge in [0.2, 0.25) is 5.95 Å². The molecule has 2 aromatic rings. The third-order valence-electron chi connectivity index (χ3n) is 2.76. The Morgan fingerprint density at radius 3 is 2.79 bits per heavy atom. The van der Waals surface area contributed by atoms with Crippen molar-refractivity contribution >= 4 is 11.6 Å². The van der Waals surface area contributed by atoms with Crippen LogP contribution >= 0.6 is 0 Å². The molecule has 0 bridgehead atoms. The maximum Gasteiger partial charge on any atom is 0.227 e. The van der Waals surface area contributed by atoms with Crippen LogP contribution in [0, 0.1) is 0 Å². The van der Waals surface area contributed by atoms with Crippen molar-refractivity contribution in [3.63, 3.8) is 0 Å². The van der Waals surface area contributed by atoms with Crippen LogP contribution in [0.4, 0.5) is 11.6 Å². The van der Waals surface area contributed by atoms with Gasteiger partial charge in [-0.15, -0.1) is 0 Å². The van der Waals surface area contributed by atoms with Crippen LogP contribution in [0.15, 0.2) is 36.5 Å². The van der Waals surface area contributed by atoms with E-state index in [-0.39, 0.29) is 0 Å². The molecular formula is C15H20N4. The third-order valence-corrected chi connectivity index (χ3v) is 2.76. The summed E-state index contributed by atoms with van der Waals surface area (Å²) in [6, 6.07) is 10.3. The monoisotopic (exact) mass is 256 g/mol. The fourth-order valence-corrected chi connectivity index (χ4v) is 1.89. The van der Waals surface area contributed by atoms with E-state index in [4.69, 9.17) is 0 Å². The van der Waals surface area contributed by atoms with E-state index in [0.29, 0.717) is 5.95 Å². The number of aromatic nitrogens is 2. The summed E-state index contributed by atoms with van der Waals surface area (Å²) in [5.74, 6) is 0.654. The number of benzene rings is 1. The molecule has 0 spiro atoms. The lowest BCUT2D eigenvalue weighted by atomic mass is 10.2. The predicted molar refractivity (Wildman–Crippen MR) is 78.5 cm³/mol. The molecular weight excluding hydrogens is 236 g/mol. The highest BCUT2D eigenvalue weighted by Crippen LogP contribution is 2.15. The Kier molecular flexibility index (Phi) is 4.47. The number of anilines is 2. The first-order chi connectivity index (χ1) is 9.17. The lowest BCUT2D eigenvalue weighted by Gasteiger charge is -2.11. The second-order valence-electron chi connectivity index (χ2n) is 4.79.